The summed E-state index contributed by atoms with van der Waals surface area (Å²) in [5.41, 5.74) is 3.71. The molecule has 6 heteroatoms. The molecule has 0 saturated heterocycles. The quantitative estimate of drug-likeness (QED) is 0.604. The summed E-state index contributed by atoms with van der Waals surface area (Å²) in [6.07, 6.45) is 0. The van der Waals surface area contributed by atoms with Gasteiger partial charge in [0.1, 0.15) is 5.75 Å². The van der Waals surface area contributed by atoms with E-state index >= 15 is 0 Å². The Labute approximate surface area is 158 Å². The summed E-state index contributed by atoms with van der Waals surface area (Å²) in [6, 6.07) is 16.8. The van der Waals surface area contributed by atoms with Crippen LogP contribution in [0, 0.1) is 6.92 Å². The first-order valence-corrected chi connectivity index (χ1v) is 9.85. The average Bonchev–Trinajstić information content (AvgIpc) is 3.25. The maximum atomic E-state index is 5.52. The highest BCUT2D eigenvalue weighted by Gasteiger charge is 2.26. The van der Waals surface area contributed by atoms with Gasteiger partial charge in [-0.15, -0.1) is 10.2 Å². The number of aromatic nitrogens is 3. The van der Waals surface area contributed by atoms with Crippen molar-refractivity contribution in [3.05, 3.63) is 59.7 Å². The molecule has 134 valence electrons. The number of fused-ring (bicyclic) bond motifs is 1. The lowest BCUT2D eigenvalue weighted by molar-refractivity contribution is 0.340. The van der Waals surface area contributed by atoms with Gasteiger partial charge >= 0.3 is 0 Å². The molecule has 4 rings (SSSR count). The van der Waals surface area contributed by atoms with Crippen molar-refractivity contribution in [1.29, 1.82) is 0 Å². The second kappa shape index (κ2) is 7.41. The maximum absolute atomic E-state index is 5.52. The molecule has 1 aliphatic heterocycles. The second-order valence-corrected chi connectivity index (χ2v) is 7.23. The Bertz CT molecular complexity index is 874. The van der Waals surface area contributed by atoms with Gasteiger partial charge < -0.3 is 9.64 Å². The highest BCUT2D eigenvalue weighted by molar-refractivity contribution is 7.98. The third-order valence-electron chi connectivity index (χ3n) is 4.43. The molecule has 2 heterocycles. The van der Waals surface area contributed by atoms with E-state index in [1.165, 1.54) is 11.1 Å². The molecular formula is C20H22N4OS. The third kappa shape index (κ3) is 3.42. The molecule has 0 N–H and O–H groups in total. The highest BCUT2D eigenvalue weighted by atomic mass is 32.2. The van der Waals surface area contributed by atoms with E-state index in [0.29, 0.717) is 6.61 Å². The fraction of sp³-hybridized carbons (Fsp3) is 0.300. The minimum Gasteiger partial charge on any atom is -0.494 e. The van der Waals surface area contributed by atoms with E-state index in [4.69, 9.17) is 4.74 Å². The van der Waals surface area contributed by atoms with E-state index < -0.39 is 0 Å². The zero-order valence-electron chi connectivity index (χ0n) is 15.1. The first-order chi connectivity index (χ1) is 12.7. The van der Waals surface area contributed by atoms with Crippen LogP contribution in [-0.4, -0.2) is 27.9 Å². The standard InChI is InChI=1S/C20H22N4OS/c1-3-25-18-10-8-17(9-11-18)23-12-13-24-19(23)21-22-20(24)26-14-16-6-4-15(2)5-7-16/h4-11H,3,12-14H2,1-2H3. The van der Waals surface area contributed by atoms with E-state index in [1.807, 2.05) is 19.1 Å². The topological polar surface area (TPSA) is 43.2 Å². The molecule has 0 bridgehead atoms. The lowest BCUT2D eigenvalue weighted by atomic mass is 10.2. The predicted octanol–water partition coefficient (Wildman–Crippen LogP) is 4.43. The highest BCUT2D eigenvalue weighted by Crippen LogP contribution is 2.33. The van der Waals surface area contributed by atoms with Crippen molar-refractivity contribution in [1.82, 2.24) is 14.8 Å². The first-order valence-electron chi connectivity index (χ1n) is 8.86. The number of benzene rings is 2. The van der Waals surface area contributed by atoms with Crippen LogP contribution in [0.2, 0.25) is 0 Å². The van der Waals surface area contributed by atoms with E-state index in [1.54, 1.807) is 11.8 Å². The number of anilines is 2. The predicted molar refractivity (Wildman–Crippen MR) is 105 cm³/mol. The van der Waals surface area contributed by atoms with Crippen molar-refractivity contribution in [3.8, 4) is 5.75 Å². The molecule has 0 fully saturated rings. The molecule has 1 aliphatic rings. The lowest BCUT2D eigenvalue weighted by Gasteiger charge is -2.15. The number of nitrogens with zero attached hydrogens (tertiary/aromatic N) is 4. The van der Waals surface area contributed by atoms with Crippen LogP contribution in [0.15, 0.2) is 53.7 Å². The molecule has 0 radical (unpaired) electrons. The van der Waals surface area contributed by atoms with Gasteiger partial charge in [0.15, 0.2) is 5.16 Å². The molecule has 0 aliphatic carbocycles. The van der Waals surface area contributed by atoms with Gasteiger partial charge in [-0.1, -0.05) is 41.6 Å². The monoisotopic (exact) mass is 366 g/mol. The molecule has 3 aromatic rings. The number of thioether (sulfide) groups is 1. The van der Waals surface area contributed by atoms with Crippen LogP contribution in [0.5, 0.6) is 5.75 Å². The smallest absolute Gasteiger partial charge is 0.232 e. The third-order valence-corrected chi connectivity index (χ3v) is 5.47. The summed E-state index contributed by atoms with van der Waals surface area (Å²) in [5, 5.41) is 9.81. The molecule has 5 nitrogen and oxygen atoms in total. The van der Waals surface area contributed by atoms with E-state index in [-0.39, 0.29) is 0 Å². The van der Waals surface area contributed by atoms with Crippen molar-refractivity contribution in [2.75, 3.05) is 18.1 Å². The number of rotatable bonds is 6. The number of hydrogen-bond acceptors (Lipinski definition) is 5. The van der Waals surface area contributed by atoms with Crippen LogP contribution in [0.25, 0.3) is 0 Å². The van der Waals surface area contributed by atoms with E-state index in [9.17, 15) is 0 Å². The molecule has 0 amide bonds. The van der Waals surface area contributed by atoms with Gasteiger partial charge in [-0.2, -0.15) is 0 Å². The van der Waals surface area contributed by atoms with Gasteiger partial charge in [-0.25, -0.2) is 0 Å². The second-order valence-electron chi connectivity index (χ2n) is 6.29. The molecule has 0 atom stereocenters. The van der Waals surface area contributed by atoms with Crippen LogP contribution in [0.1, 0.15) is 18.1 Å². The van der Waals surface area contributed by atoms with E-state index in [0.717, 1.165) is 41.4 Å². The van der Waals surface area contributed by atoms with Crippen molar-refractivity contribution in [3.63, 3.8) is 0 Å². The Hall–Kier alpha value is -2.47. The van der Waals surface area contributed by atoms with Gasteiger partial charge in [-0.05, 0) is 43.7 Å². The summed E-state index contributed by atoms with van der Waals surface area (Å²) in [4.78, 5) is 2.21. The molecule has 0 saturated carbocycles. The fourth-order valence-electron chi connectivity index (χ4n) is 3.05. The van der Waals surface area contributed by atoms with Crippen molar-refractivity contribution >= 4 is 23.4 Å². The van der Waals surface area contributed by atoms with Crippen LogP contribution in [0.3, 0.4) is 0 Å². The Morgan fingerprint density at radius 2 is 1.77 bits per heavy atom. The summed E-state index contributed by atoms with van der Waals surface area (Å²) in [6.45, 7) is 6.60. The molecular weight excluding hydrogens is 344 g/mol. The Balaban J connectivity index is 1.47. The van der Waals surface area contributed by atoms with Crippen molar-refractivity contribution in [2.24, 2.45) is 0 Å². The zero-order chi connectivity index (χ0) is 17.9. The van der Waals surface area contributed by atoms with Gasteiger partial charge in [0.05, 0.1) is 6.61 Å². The molecule has 0 spiro atoms. The SMILES string of the molecule is CCOc1ccc(N2CCn3c(SCc4ccc(C)cc4)nnc32)cc1. The Kier molecular flexibility index (Phi) is 4.84. The summed E-state index contributed by atoms with van der Waals surface area (Å²) < 4.78 is 7.73. The van der Waals surface area contributed by atoms with Crippen LogP contribution in [-0.2, 0) is 12.3 Å². The largest absolute Gasteiger partial charge is 0.494 e. The minimum atomic E-state index is 0.680. The Morgan fingerprint density at radius 3 is 2.50 bits per heavy atom. The zero-order valence-corrected chi connectivity index (χ0v) is 15.9. The molecule has 26 heavy (non-hydrogen) atoms. The average molecular weight is 366 g/mol. The molecule has 1 aromatic heterocycles. The lowest BCUT2D eigenvalue weighted by Crippen LogP contribution is -2.14. The summed E-state index contributed by atoms with van der Waals surface area (Å²) in [7, 11) is 0. The van der Waals surface area contributed by atoms with Crippen molar-refractivity contribution < 1.29 is 4.74 Å². The number of ether oxygens (including phenoxy) is 1. The number of aryl methyl sites for hydroxylation is 1. The Morgan fingerprint density at radius 1 is 1.00 bits per heavy atom. The van der Waals surface area contributed by atoms with Gasteiger partial charge in [-0.3, -0.25) is 4.57 Å². The maximum Gasteiger partial charge on any atom is 0.232 e. The molecule has 0 unspecified atom stereocenters. The fourth-order valence-corrected chi connectivity index (χ4v) is 3.96. The summed E-state index contributed by atoms with van der Waals surface area (Å²) in [5.74, 6) is 2.72. The van der Waals surface area contributed by atoms with Gasteiger partial charge in [0.2, 0.25) is 5.95 Å². The summed E-state index contributed by atoms with van der Waals surface area (Å²) >= 11 is 1.74. The van der Waals surface area contributed by atoms with Gasteiger partial charge in [0.25, 0.3) is 0 Å². The van der Waals surface area contributed by atoms with E-state index in [2.05, 4.69) is 63.0 Å². The van der Waals surface area contributed by atoms with Crippen LogP contribution < -0.4 is 9.64 Å². The van der Waals surface area contributed by atoms with Crippen LogP contribution in [0.4, 0.5) is 11.6 Å². The van der Waals surface area contributed by atoms with Crippen LogP contribution >= 0.6 is 11.8 Å². The number of hydrogen-bond donors (Lipinski definition) is 0. The normalized spacial score (nSPS) is 13.1. The van der Waals surface area contributed by atoms with Crippen molar-refractivity contribution in [2.45, 2.75) is 31.3 Å². The van der Waals surface area contributed by atoms with Gasteiger partial charge in [0, 0.05) is 24.5 Å². The first kappa shape index (κ1) is 17.0. The molecule has 2 aromatic carbocycles. The minimum absolute atomic E-state index is 0.680.